The van der Waals surface area contributed by atoms with E-state index in [4.69, 9.17) is 5.73 Å². The monoisotopic (exact) mass is 281 g/mol. The zero-order valence-electron chi connectivity index (χ0n) is 11.0. The molecule has 0 aliphatic heterocycles. The zero-order valence-corrected chi connectivity index (χ0v) is 11.0. The van der Waals surface area contributed by atoms with E-state index in [1.54, 1.807) is 30.3 Å². The zero-order chi connectivity index (χ0) is 14.8. The van der Waals surface area contributed by atoms with Crippen molar-refractivity contribution >= 4 is 28.3 Å². The van der Waals surface area contributed by atoms with Crippen molar-refractivity contribution in [3.63, 3.8) is 0 Å². The Balaban J connectivity index is 2.04. The number of carbonyl (C=O) groups excluding carboxylic acids is 1. The fourth-order valence-electron chi connectivity index (χ4n) is 2.14. The van der Waals surface area contributed by atoms with Gasteiger partial charge < -0.3 is 11.1 Å². The van der Waals surface area contributed by atoms with E-state index in [0.717, 1.165) is 0 Å². The van der Waals surface area contributed by atoms with Crippen molar-refractivity contribution in [1.29, 1.82) is 0 Å². The lowest BCUT2D eigenvalue weighted by Crippen LogP contribution is -2.14. The number of nitrogens with zero attached hydrogens (tertiary/aromatic N) is 1. The minimum absolute atomic E-state index is 0.127. The number of benzene rings is 2. The fraction of sp³-hybridized carbons (Fsp3) is 0. The summed E-state index contributed by atoms with van der Waals surface area (Å²) in [4.78, 5) is 16.5. The van der Waals surface area contributed by atoms with Gasteiger partial charge in [-0.05, 0) is 24.3 Å². The van der Waals surface area contributed by atoms with Crippen molar-refractivity contribution < 1.29 is 9.18 Å². The number of fused-ring (bicyclic) bond motifs is 1. The van der Waals surface area contributed by atoms with Crippen molar-refractivity contribution in [1.82, 2.24) is 4.98 Å². The number of anilines is 2. The second kappa shape index (κ2) is 5.20. The third-order valence-electron chi connectivity index (χ3n) is 3.10. The van der Waals surface area contributed by atoms with Crippen molar-refractivity contribution in [2.24, 2.45) is 0 Å². The summed E-state index contributed by atoms with van der Waals surface area (Å²) < 4.78 is 13.6. The van der Waals surface area contributed by atoms with Gasteiger partial charge in [0.05, 0.1) is 16.8 Å². The normalized spacial score (nSPS) is 10.5. The van der Waals surface area contributed by atoms with Gasteiger partial charge in [-0.25, -0.2) is 9.37 Å². The number of rotatable bonds is 2. The standard InChI is InChI=1S/C16H12FN3O/c17-12-6-2-4-8-14(12)20-16(21)11-9-15(18)19-13-7-3-1-5-10(11)13/h1-9H,(H2,18,19)(H,20,21). The molecule has 0 unspecified atom stereocenters. The average molecular weight is 281 g/mol. The van der Waals surface area contributed by atoms with Crippen molar-refractivity contribution in [2.75, 3.05) is 11.1 Å². The van der Waals surface area contributed by atoms with E-state index < -0.39 is 11.7 Å². The molecule has 1 amide bonds. The highest BCUT2D eigenvalue weighted by atomic mass is 19.1. The van der Waals surface area contributed by atoms with Crippen LogP contribution in [0, 0.1) is 5.82 Å². The van der Waals surface area contributed by atoms with E-state index in [1.165, 1.54) is 18.2 Å². The lowest BCUT2D eigenvalue weighted by atomic mass is 10.1. The number of amides is 1. The molecular formula is C16H12FN3O. The molecule has 1 aromatic heterocycles. The first-order valence-electron chi connectivity index (χ1n) is 6.36. The van der Waals surface area contributed by atoms with Crippen LogP contribution >= 0.6 is 0 Å². The molecule has 3 rings (SSSR count). The molecule has 3 N–H and O–H groups in total. The van der Waals surface area contributed by atoms with E-state index in [-0.39, 0.29) is 11.5 Å². The Labute approximate surface area is 120 Å². The molecule has 0 spiro atoms. The average Bonchev–Trinajstić information content (AvgIpc) is 2.48. The van der Waals surface area contributed by atoms with Crippen LogP contribution in [0.15, 0.2) is 54.6 Å². The molecule has 4 nitrogen and oxygen atoms in total. The van der Waals surface area contributed by atoms with Gasteiger partial charge in [0.2, 0.25) is 0 Å². The van der Waals surface area contributed by atoms with Crippen molar-refractivity contribution in [2.45, 2.75) is 0 Å². The second-order valence-electron chi connectivity index (χ2n) is 4.55. The Bertz CT molecular complexity index is 833. The van der Waals surface area contributed by atoms with Crippen LogP contribution < -0.4 is 11.1 Å². The molecular weight excluding hydrogens is 269 g/mol. The number of halogens is 1. The van der Waals surface area contributed by atoms with Crippen LogP contribution in [-0.2, 0) is 0 Å². The molecule has 3 aromatic rings. The quantitative estimate of drug-likeness (QED) is 0.758. The summed E-state index contributed by atoms with van der Waals surface area (Å²) in [5, 5.41) is 3.22. The Morgan fingerprint density at radius 1 is 1.10 bits per heavy atom. The van der Waals surface area contributed by atoms with Crippen LogP contribution in [0.3, 0.4) is 0 Å². The van der Waals surface area contributed by atoms with Crippen LogP contribution in [0.1, 0.15) is 10.4 Å². The van der Waals surface area contributed by atoms with Crippen LogP contribution in [0.5, 0.6) is 0 Å². The van der Waals surface area contributed by atoms with E-state index in [0.29, 0.717) is 16.5 Å². The van der Waals surface area contributed by atoms with Crippen LogP contribution in [0.4, 0.5) is 15.9 Å². The summed E-state index contributed by atoms with van der Waals surface area (Å²) in [6, 6.07) is 14.6. The van der Waals surface area contributed by atoms with Gasteiger partial charge in [0.15, 0.2) is 0 Å². The molecule has 0 radical (unpaired) electrons. The van der Waals surface area contributed by atoms with Gasteiger partial charge >= 0.3 is 0 Å². The number of pyridine rings is 1. The van der Waals surface area contributed by atoms with E-state index >= 15 is 0 Å². The van der Waals surface area contributed by atoms with Crippen LogP contribution in [0.2, 0.25) is 0 Å². The molecule has 104 valence electrons. The first-order chi connectivity index (χ1) is 10.1. The Kier molecular flexibility index (Phi) is 3.23. The largest absolute Gasteiger partial charge is 0.384 e. The molecule has 21 heavy (non-hydrogen) atoms. The summed E-state index contributed by atoms with van der Waals surface area (Å²) in [6.07, 6.45) is 0. The number of nitrogens with one attached hydrogen (secondary N) is 1. The number of para-hydroxylation sites is 2. The summed E-state index contributed by atoms with van der Waals surface area (Å²) in [7, 11) is 0. The fourth-order valence-corrected chi connectivity index (χ4v) is 2.14. The Morgan fingerprint density at radius 2 is 1.81 bits per heavy atom. The summed E-state index contributed by atoms with van der Waals surface area (Å²) >= 11 is 0. The van der Waals surface area contributed by atoms with E-state index in [1.807, 2.05) is 6.07 Å². The van der Waals surface area contributed by atoms with Gasteiger partial charge in [0.1, 0.15) is 11.6 Å². The highest BCUT2D eigenvalue weighted by Crippen LogP contribution is 2.21. The van der Waals surface area contributed by atoms with Crippen molar-refractivity contribution in [3.8, 4) is 0 Å². The van der Waals surface area contributed by atoms with Gasteiger partial charge in [0.25, 0.3) is 5.91 Å². The predicted octanol–water partition coefficient (Wildman–Crippen LogP) is 3.21. The number of hydrogen-bond acceptors (Lipinski definition) is 3. The maximum absolute atomic E-state index is 13.6. The van der Waals surface area contributed by atoms with E-state index in [2.05, 4.69) is 10.3 Å². The molecule has 2 aromatic carbocycles. The Morgan fingerprint density at radius 3 is 2.62 bits per heavy atom. The van der Waals surface area contributed by atoms with Gasteiger partial charge in [-0.3, -0.25) is 4.79 Å². The molecule has 0 aliphatic carbocycles. The molecule has 0 bridgehead atoms. The molecule has 5 heteroatoms. The SMILES string of the molecule is Nc1cc(C(=O)Nc2ccccc2F)c2ccccc2n1. The molecule has 0 saturated carbocycles. The first-order valence-corrected chi connectivity index (χ1v) is 6.36. The lowest BCUT2D eigenvalue weighted by Gasteiger charge is -2.09. The molecule has 0 fully saturated rings. The summed E-state index contributed by atoms with van der Waals surface area (Å²) in [6.45, 7) is 0. The minimum Gasteiger partial charge on any atom is -0.384 e. The molecule has 0 aliphatic rings. The highest BCUT2D eigenvalue weighted by Gasteiger charge is 2.13. The van der Waals surface area contributed by atoms with Crippen LogP contribution in [0.25, 0.3) is 10.9 Å². The number of nitrogen functional groups attached to an aromatic ring is 1. The van der Waals surface area contributed by atoms with E-state index in [9.17, 15) is 9.18 Å². The molecule has 0 atom stereocenters. The third kappa shape index (κ3) is 2.53. The minimum atomic E-state index is -0.489. The maximum Gasteiger partial charge on any atom is 0.256 e. The number of carbonyl (C=O) groups is 1. The lowest BCUT2D eigenvalue weighted by molar-refractivity contribution is 0.102. The smallest absolute Gasteiger partial charge is 0.256 e. The number of aromatic nitrogens is 1. The van der Waals surface area contributed by atoms with Gasteiger partial charge in [-0.15, -0.1) is 0 Å². The molecule has 0 saturated heterocycles. The molecule has 1 heterocycles. The highest BCUT2D eigenvalue weighted by molar-refractivity contribution is 6.12. The second-order valence-corrected chi connectivity index (χ2v) is 4.55. The Hall–Kier alpha value is -2.95. The number of hydrogen-bond donors (Lipinski definition) is 2. The third-order valence-corrected chi connectivity index (χ3v) is 3.10. The van der Waals surface area contributed by atoms with Gasteiger partial charge in [0, 0.05) is 5.39 Å². The van der Waals surface area contributed by atoms with Crippen molar-refractivity contribution in [3.05, 3.63) is 66.0 Å². The first kappa shape index (κ1) is 13.1. The topological polar surface area (TPSA) is 68.0 Å². The predicted molar refractivity (Wildman–Crippen MR) is 80.5 cm³/mol. The summed E-state index contributed by atoms with van der Waals surface area (Å²) in [5.74, 6) is -0.671. The van der Waals surface area contributed by atoms with Crippen LogP contribution in [-0.4, -0.2) is 10.9 Å². The number of nitrogens with two attached hydrogens (primary N) is 1. The maximum atomic E-state index is 13.6. The van der Waals surface area contributed by atoms with Gasteiger partial charge in [-0.2, -0.15) is 0 Å². The van der Waals surface area contributed by atoms with Gasteiger partial charge in [-0.1, -0.05) is 30.3 Å². The summed E-state index contributed by atoms with van der Waals surface area (Å²) in [5.41, 5.74) is 6.83.